The summed E-state index contributed by atoms with van der Waals surface area (Å²) < 4.78 is 24.3. The average molecular weight is 296 g/mol. The molecular formula is C14H17FN2O4. The summed E-state index contributed by atoms with van der Waals surface area (Å²) in [4.78, 5) is 14.9. The van der Waals surface area contributed by atoms with Gasteiger partial charge in [-0.3, -0.25) is 4.90 Å². The van der Waals surface area contributed by atoms with E-state index in [9.17, 15) is 9.18 Å². The zero-order chi connectivity index (χ0) is 15.0. The zero-order valence-corrected chi connectivity index (χ0v) is 11.7. The van der Waals surface area contributed by atoms with Crippen molar-refractivity contribution < 1.29 is 23.8 Å². The molecule has 0 unspecified atom stereocenters. The lowest BCUT2D eigenvalue weighted by Crippen LogP contribution is -2.52. The van der Waals surface area contributed by atoms with Crippen LogP contribution < -0.4 is 9.80 Å². The first-order valence-electron chi connectivity index (χ1n) is 6.78. The average Bonchev–Trinajstić information content (AvgIpc) is 2.80. The Morgan fingerprint density at radius 2 is 2.19 bits per heavy atom. The monoisotopic (exact) mass is 296 g/mol. The smallest absolute Gasteiger partial charge is 0.414 e. The third-order valence-corrected chi connectivity index (χ3v) is 3.84. The van der Waals surface area contributed by atoms with Crippen molar-refractivity contribution in [2.75, 3.05) is 43.2 Å². The standard InChI is InChI=1S/C14H17FN2O4/c1-20-10-5-16(6-10)13-3-2-9(4-12(13)15)17-7-11(8-18)21-14(17)19/h2-4,10-11,18H,5-8H2,1H3/t11-/m1/s1. The normalized spacial score (nSPS) is 22.4. The van der Waals surface area contributed by atoms with Crippen LogP contribution in [0.5, 0.6) is 0 Å². The number of nitrogens with zero attached hydrogens (tertiary/aromatic N) is 2. The van der Waals surface area contributed by atoms with Crippen LogP contribution in [-0.4, -0.2) is 56.8 Å². The van der Waals surface area contributed by atoms with E-state index in [1.807, 2.05) is 4.90 Å². The Labute approximate surface area is 121 Å². The van der Waals surface area contributed by atoms with Gasteiger partial charge in [0.1, 0.15) is 11.9 Å². The van der Waals surface area contributed by atoms with Gasteiger partial charge in [0, 0.05) is 20.2 Å². The molecule has 2 aliphatic heterocycles. The summed E-state index contributed by atoms with van der Waals surface area (Å²) in [5.74, 6) is -0.387. The van der Waals surface area contributed by atoms with Gasteiger partial charge in [0.2, 0.25) is 0 Å². The van der Waals surface area contributed by atoms with E-state index < -0.39 is 12.2 Å². The maximum absolute atomic E-state index is 14.2. The van der Waals surface area contributed by atoms with E-state index in [0.717, 1.165) is 0 Å². The van der Waals surface area contributed by atoms with Crippen LogP contribution in [0.2, 0.25) is 0 Å². The Hall–Kier alpha value is -1.86. The lowest BCUT2D eigenvalue weighted by molar-refractivity contribution is 0.0784. The summed E-state index contributed by atoms with van der Waals surface area (Å²) in [5.41, 5.74) is 0.930. The molecule has 1 aromatic carbocycles. The number of amides is 1. The number of ether oxygens (including phenoxy) is 2. The van der Waals surface area contributed by atoms with Crippen molar-refractivity contribution >= 4 is 17.5 Å². The Bertz CT molecular complexity index is 548. The highest BCUT2D eigenvalue weighted by Gasteiger charge is 2.33. The van der Waals surface area contributed by atoms with E-state index in [2.05, 4.69) is 0 Å². The highest BCUT2D eigenvalue weighted by molar-refractivity contribution is 5.90. The highest BCUT2D eigenvalue weighted by Crippen LogP contribution is 2.30. The van der Waals surface area contributed by atoms with Gasteiger partial charge in [-0.2, -0.15) is 0 Å². The predicted octanol–water partition coefficient (Wildman–Crippen LogP) is 0.978. The van der Waals surface area contributed by atoms with E-state index >= 15 is 0 Å². The van der Waals surface area contributed by atoms with Gasteiger partial charge in [-0.1, -0.05) is 0 Å². The van der Waals surface area contributed by atoms with Crippen LogP contribution in [0.4, 0.5) is 20.6 Å². The minimum atomic E-state index is -0.565. The van der Waals surface area contributed by atoms with Crippen LogP contribution in [0.3, 0.4) is 0 Å². The van der Waals surface area contributed by atoms with E-state index in [1.165, 1.54) is 11.0 Å². The predicted molar refractivity (Wildman–Crippen MR) is 74.1 cm³/mol. The maximum Gasteiger partial charge on any atom is 0.414 e. The molecule has 114 valence electrons. The number of hydrogen-bond donors (Lipinski definition) is 1. The van der Waals surface area contributed by atoms with Crippen LogP contribution in [0, 0.1) is 5.82 Å². The lowest BCUT2D eigenvalue weighted by Gasteiger charge is -2.40. The molecular weight excluding hydrogens is 279 g/mol. The fraction of sp³-hybridized carbons (Fsp3) is 0.500. The third kappa shape index (κ3) is 2.54. The summed E-state index contributed by atoms with van der Waals surface area (Å²) in [5, 5.41) is 9.01. The van der Waals surface area contributed by atoms with Crippen molar-refractivity contribution in [1.82, 2.24) is 0 Å². The van der Waals surface area contributed by atoms with Crippen LogP contribution in [0.25, 0.3) is 0 Å². The largest absolute Gasteiger partial charge is 0.441 e. The molecule has 0 radical (unpaired) electrons. The quantitative estimate of drug-likeness (QED) is 0.897. The van der Waals surface area contributed by atoms with Gasteiger partial charge in [0.05, 0.1) is 30.6 Å². The number of aliphatic hydroxyl groups is 1. The van der Waals surface area contributed by atoms with Gasteiger partial charge in [0.25, 0.3) is 0 Å². The Morgan fingerprint density at radius 1 is 1.43 bits per heavy atom. The number of anilines is 2. The molecule has 1 N–H and O–H groups in total. The second-order valence-electron chi connectivity index (χ2n) is 5.20. The van der Waals surface area contributed by atoms with E-state index in [1.54, 1.807) is 19.2 Å². The molecule has 2 saturated heterocycles. The van der Waals surface area contributed by atoms with Crippen LogP contribution >= 0.6 is 0 Å². The Balaban J connectivity index is 1.74. The molecule has 0 bridgehead atoms. The van der Waals surface area contributed by atoms with Crippen LogP contribution in [0.1, 0.15) is 0 Å². The first-order chi connectivity index (χ1) is 10.1. The lowest BCUT2D eigenvalue weighted by atomic mass is 10.1. The number of rotatable bonds is 4. The maximum atomic E-state index is 14.2. The topological polar surface area (TPSA) is 62.2 Å². The second-order valence-corrected chi connectivity index (χ2v) is 5.20. The first kappa shape index (κ1) is 14.1. The molecule has 0 aliphatic carbocycles. The third-order valence-electron chi connectivity index (χ3n) is 3.84. The molecule has 0 spiro atoms. The molecule has 2 aliphatic rings. The van der Waals surface area contributed by atoms with Gasteiger partial charge in [-0.15, -0.1) is 0 Å². The minimum Gasteiger partial charge on any atom is -0.441 e. The van der Waals surface area contributed by atoms with Crippen molar-refractivity contribution in [3.63, 3.8) is 0 Å². The molecule has 0 saturated carbocycles. The van der Waals surface area contributed by atoms with E-state index in [4.69, 9.17) is 14.6 Å². The number of hydrogen-bond acceptors (Lipinski definition) is 5. The van der Waals surface area contributed by atoms with Crippen molar-refractivity contribution in [3.8, 4) is 0 Å². The highest BCUT2D eigenvalue weighted by atomic mass is 19.1. The molecule has 7 heteroatoms. The van der Waals surface area contributed by atoms with Crippen molar-refractivity contribution in [2.24, 2.45) is 0 Å². The summed E-state index contributed by atoms with van der Waals surface area (Å²) >= 11 is 0. The Morgan fingerprint density at radius 3 is 2.76 bits per heavy atom. The van der Waals surface area contributed by atoms with Gasteiger partial charge >= 0.3 is 6.09 Å². The van der Waals surface area contributed by atoms with Crippen molar-refractivity contribution in [1.29, 1.82) is 0 Å². The SMILES string of the molecule is COC1CN(c2ccc(N3C[C@H](CO)OC3=O)cc2F)C1. The summed E-state index contributed by atoms with van der Waals surface area (Å²) in [7, 11) is 1.64. The zero-order valence-electron chi connectivity index (χ0n) is 11.7. The number of carbonyl (C=O) groups is 1. The van der Waals surface area contributed by atoms with Crippen molar-refractivity contribution in [2.45, 2.75) is 12.2 Å². The Kier molecular flexibility index (Phi) is 3.69. The molecule has 0 aromatic heterocycles. The number of methoxy groups -OCH3 is 1. The second kappa shape index (κ2) is 5.50. The van der Waals surface area contributed by atoms with Gasteiger partial charge < -0.3 is 19.5 Å². The summed E-state index contributed by atoms with van der Waals surface area (Å²) in [6, 6.07) is 4.64. The van der Waals surface area contributed by atoms with Gasteiger partial charge in [-0.05, 0) is 18.2 Å². The fourth-order valence-electron chi connectivity index (χ4n) is 2.53. The number of benzene rings is 1. The fourth-order valence-corrected chi connectivity index (χ4v) is 2.53. The molecule has 6 nitrogen and oxygen atoms in total. The molecule has 1 amide bonds. The summed E-state index contributed by atoms with van der Waals surface area (Å²) in [6.07, 6.45) is -0.981. The van der Waals surface area contributed by atoms with E-state index in [0.29, 0.717) is 24.5 Å². The van der Waals surface area contributed by atoms with Crippen LogP contribution in [-0.2, 0) is 9.47 Å². The molecule has 3 rings (SSSR count). The van der Waals surface area contributed by atoms with Crippen LogP contribution in [0.15, 0.2) is 18.2 Å². The molecule has 2 heterocycles. The van der Waals surface area contributed by atoms with Gasteiger partial charge in [0.15, 0.2) is 0 Å². The van der Waals surface area contributed by atoms with Gasteiger partial charge in [-0.25, -0.2) is 9.18 Å². The van der Waals surface area contributed by atoms with Crippen molar-refractivity contribution in [3.05, 3.63) is 24.0 Å². The summed E-state index contributed by atoms with van der Waals surface area (Å²) in [6.45, 7) is 1.30. The first-order valence-corrected chi connectivity index (χ1v) is 6.78. The number of carbonyl (C=O) groups excluding carboxylic acids is 1. The minimum absolute atomic E-state index is 0.142. The molecule has 21 heavy (non-hydrogen) atoms. The molecule has 2 fully saturated rings. The number of aliphatic hydroxyl groups excluding tert-OH is 1. The number of cyclic esters (lactones) is 1. The molecule has 1 atom stereocenters. The number of halogens is 1. The van der Waals surface area contributed by atoms with E-state index in [-0.39, 0.29) is 25.1 Å². The molecule has 1 aromatic rings.